The molecule has 0 saturated heterocycles. The van der Waals surface area contributed by atoms with Gasteiger partial charge in [0.1, 0.15) is 11.9 Å². The van der Waals surface area contributed by atoms with Gasteiger partial charge < -0.3 is 5.11 Å². The molecule has 0 bridgehead atoms. The second-order valence-electron chi connectivity index (χ2n) is 3.45. The van der Waals surface area contributed by atoms with Crippen molar-refractivity contribution in [2.24, 2.45) is 0 Å². The van der Waals surface area contributed by atoms with Crippen molar-refractivity contribution >= 4 is 15.9 Å². The van der Waals surface area contributed by atoms with E-state index in [4.69, 9.17) is 0 Å². The van der Waals surface area contributed by atoms with Gasteiger partial charge in [-0.05, 0) is 17.7 Å². The highest BCUT2D eigenvalue weighted by molar-refractivity contribution is 9.10. The van der Waals surface area contributed by atoms with Crippen LogP contribution in [0.15, 0.2) is 53.0 Å². The first-order valence-electron chi connectivity index (χ1n) is 4.87. The first-order chi connectivity index (χ1) is 7.70. The van der Waals surface area contributed by atoms with Gasteiger partial charge >= 0.3 is 0 Å². The zero-order valence-electron chi connectivity index (χ0n) is 8.40. The Morgan fingerprint density at radius 2 is 1.69 bits per heavy atom. The summed E-state index contributed by atoms with van der Waals surface area (Å²) in [5.74, 6) is -0.411. The zero-order valence-corrected chi connectivity index (χ0v) is 9.99. The molecule has 1 atom stereocenters. The van der Waals surface area contributed by atoms with E-state index in [1.165, 1.54) is 6.07 Å². The Labute approximate surface area is 102 Å². The standard InChI is InChI=1S/C13H10BrFO/c14-10-7-4-8-11(15)12(10)13(16)9-5-2-1-3-6-9/h1-8,13,16H. The summed E-state index contributed by atoms with van der Waals surface area (Å²) in [6.07, 6.45) is -0.947. The lowest BCUT2D eigenvalue weighted by atomic mass is 10.0. The van der Waals surface area contributed by atoms with Gasteiger partial charge in [0, 0.05) is 10.0 Å². The molecule has 2 aromatic carbocycles. The number of hydrogen-bond acceptors (Lipinski definition) is 1. The van der Waals surface area contributed by atoms with E-state index in [1.54, 1.807) is 24.3 Å². The number of hydrogen-bond donors (Lipinski definition) is 1. The number of halogens is 2. The number of benzene rings is 2. The minimum Gasteiger partial charge on any atom is -0.384 e. The summed E-state index contributed by atoms with van der Waals surface area (Å²) in [6.45, 7) is 0. The van der Waals surface area contributed by atoms with Crippen molar-refractivity contribution in [1.82, 2.24) is 0 Å². The van der Waals surface area contributed by atoms with Gasteiger partial charge in [0.2, 0.25) is 0 Å². The van der Waals surface area contributed by atoms with Crippen LogP contribution in [0.4, 0.5) is 4.39 Å². The molecule has 1 N–H and O–H groups in total. The number of aliphatic hydroxyl groups is 1. The highest BCUT2D eigenvalue weighted by atomic mass is 79.9. The monoisotopic (exact) mass is 280 g/mol. The highest BCUT2D eigenvalue weighted by Gasteiger charge is 2.17. The van der Waals surface area contributed by atoms with Crippen LogP contribution < -0.4 is 0 Å². The lowest BCUT2D eigenvalue weighted by Gasteiger charge is -2.13. The maximum atomic E-state index is 13.6. The molecule has 0 fully saturated rings. The van der Waals surface area contributed by atoms with E-state index < -0.39 is 11.9 Å². The summed E-state index contributed by atoms with van der Waals surface area (Å²) >= 11 is 3.24. The molecule has 3 heteroatoms. The average molecular weight is 281 g/mol. The average Bonchev–Trinajstić information content (AvgIpc) is 2.30. The Bertz CT molecular complexity index is 464. The van der Waals surface area contributed by atoms with Gasteiger partial charge in [-0.25, -0.2) is 4.39 Å². The van der Waals surface area contributed by atoms with Crippen LogP contribution in [0.2, 0.25) is 0 Å². The van der Waals surface area contributed by atoms with Crippen LogP contribution in [0.25, 0.3) is 0 Å². The quantitative estimate of drug-likeness (QED) is 0.890. The molecule has 1 nitrogen and oxygen atoms in total. The molecule has 82 valence electrons. The topological polar surface area (TPSA) is 20.2 Å². The smallest absolute Gasteiger partial charge is 0.130 e. The predicted molar refractivity (Wildman–Crippen MR) is 64.6 cm³/mol. The van der Waals surface area contributed by atoms with Crippen molar-refractivity contribution in [1.29, 1.82) is 0 Å². The highest BCUT2D eigenvalue weighted by Crippen LogP contribution is 2.30. The Balaban J connectivity index is 2.46. The molecular weight excluding hydrogens is 271 g/mol. The van der Waals surface area contributed by atoms with Crippen LogP contribution in [-0.4, -0.2) is 5.11 Å². The van der Waals surface area contributed by atoms with E-state index in [1.807, 2.05) is 18.2 Å². The summed E-state index contributed by atoms with van der Waals surface area (Å²) in [5.41, 5.74) is 0.946. The molecule has 0 saturated carbocycles. The van der Waals surface area contributed by atoms with Gasteiger partial charge in [-0.2, -0.15) is 0 Å². The summed E-state index contributed by atoms with van der Waals surface area (Å²) in [4.78, 5) is 0. The van der Waals surface area contributed by atoms with Crippen LogP contribution >= 0.6 is 15.9 Å². The lowest BCUT2D eigenvalue weighted by molar-refractivity contribution is 0.214. The van der Waals surface area contributed by atoms with Crippen LogP contribution in [0, 0.1) is 5.82 Å². The molecule has 0 spiro atoms. The Morgan fingerprint density at radius 3 is 2.31 bits per heavy atom. The third-order valence-corrected chi connectivity index (χ3v) is 3.08. The third kappa shape index (κ3) is 2.15. The van der Waals surface area contributed by atoms with Gasteiger partial charge in [0.25, 0.3) is 0 Å². The lowest BCUT2D eigenvalue weighted by Crippen LogP contribution is -2.03. The van der Waals surface area contributed by atoms with Gasteiger partial charge in [-0.1, -0.05) is 52.3 Å². The van der Waals surface area contributed by atoms with Gasteiger partial charge in [-0.15, -0.1) is 0 Å². The Morgan fingerprint density at radius 1 is 1.00 bits per heavy atom. The van der Waals surface area contributed by atoms with Crippen LogP contribution in [0.5, 0.6) is 0 Å². The fourth-order valence-corrected chi connectivity index (χ4v) is 2.13. The van der Waals surface area contributed by atoms with Crippen molar-refractivity contribution < 1.29 is 9.50 Å². The number of rotatable bonds is 2. The Hall–Kier alpha value is -1.19. The Kier molecular flexibility index (Phi) is 3.36. The molecule has 0 amide bonds. The van der Waals surface area contributed by atoms with Gasteiger partial charge in [0.15, 0.2) is 0 Å². The molecule has 0 aromatic heterocycles. The molecule has 0 aliphatic rings. The first-order valence-corrected chi connectivity index (χ1v) is 5.66. The summed E-state index contributed by atoms with van der Waals surface area (Å²) in [5, 5.41) is 10.1. The maximum absolute atomic E-state index is 13.6. The SMILES string of the molecule is OC(c1ccccc1)c1c(F)cccc1Br. The second-order valence-corrected chi connectivity index (χ2v) is 4.30. The van der Waals surface area contributed by atoms with Crippen molar-refractivity contribution in [3.05, 3.63) is 69.9 Å². The van der Waals surface area contributed by atoms with Crippen LogP contribution in [0.3, 0.4) is 0 Å². The summed E-state index contributed by atoms with van der Waals surface area (Å²) in [6, 6.07) is 13.7. The fourth-order valence-electron chi connectivity index (χ4n) is 1.57. The number of aliphatic hydroxyl groups excluding tert-OH is 1. The van der Waals surface area contributed by atoms with Crippen molar-refractivity contribution in [2.75, 3.05) is 0 Å². The molecule has 2 aromatic rings. The van der Waals surface area contributed by atoms with E-state index in [0.717, 1.165) is 0 Å². The van der Waals surface area contributed by atoms with E-state index in [-0.39, 0.29) is 5.56 Å². The minimum absolute atomic E-state index is 0.272. The molecule has 0 heterocycles. The molecule has 16 heavy (non-hydrogen) atoms. The summed E-state index contributed by atoms with van der Waals surface area (Å²) in [7, 11) is 0. The van der Waals surface area contributed by atoms with Crippen molar-refractivity contribution in [3.8, 4) is 0 Å². The maximum Gasteiger partial charge on any atom is 0.130 e. The fraction of sp³-hybridized carbons (Fsp3) is 0.0769. The zero-order chi connectivity index (χ0) is 11.5. The van der Waals surface area contributed by atoms with Gasteiger partial charge in [0.05, 0.1) is 0 Å². The largest absolute Gasteiger partial charge is 0.384 e. The molecule has 1 unspecified atom stereocenters. The second kappa shape index (κ2) is 4.76. The molecule has 2 rings (SSSR count). The van der Waals surface area contributed by atoms with E-state index >= 15 is 0 Å². The van der Waals surface area contributed by atoms with Crippen LogP contribution in [0.1, 0.15) is 17.2 Å². The summed E-state index contributed by atoms with van der Waals surface area (Å²) < 4.78 is 14.2. The van der Waals surface area contributed by atoms with E-state index in [2.05, 4.69) is 15.9 Å². The van der Waals surface area contributed by atoms with Crippen molar-refractivity contribution in [2.45, 2.75) is 6.10 Å². The molecule has 0 radical (unpaired) electrons. The van der Waals surface area contributed by atoms with E-state index in [0.29, 0.717) is 10.0 Å². The molecule has 0 aliphatic carbocycles. The van der Waals surface area contributed by atoms with Gasteiger partial charge in [-0.3, -0.25) is 0 Å². The minimum atomic E-state index is -0.947. The third-order valence-electron chi connectivity index (χ3n) is 2.39. The predicted octanol–water partition coefficient (Wildman–Crippen LogP) is 3.67. The first kappa shape index (κ1) is 11.3. The van der Waals surface area contributed by atoms with Crippen LogP contribution in [-0.2, 0) is 0 Å². The molecule has 0 aliphatic heterocycles. The molecular formula is C13H10BrFO. The van der Waals surface area contributed by atoms with Crippen molar-refractivity contribution in [3.63, 3.8) is 0 Å². The van der Waals surface area contributed by atoms with E-state index in [9.17, 15) is 9.50 Å². The normalized spacial score (nSPS) is 12.4.